The van der Waals surface area contributed by atoms with E-state index in [-0.39, 0.29) is 11.8 Å². The van der Waals surface area contributed by atoms with Gasteiger partial charge in [0.25, 0.3) is 0 Å². The maximum absolute atomic E-state index is 12.2. The molecule has 2 fully saturated rings. The number of carbonyl (C=O) groups excluding carboxylic acids is 1. The Morgan fingerprint density at radius 2 is 2.28 bits per heavy atom. The van der Waals surface area contributed by atoms with Crippen molar-refractivity contribution >= 4 is 11.6 Å². The summed E-state index contributed by atoms with van der Waals surface area (Å²) >= 11 is 0. The van der Waals surface area contributed by atoms with Crippen LogP contribution in [0.4, 0.5) is 5.69 Å². The number of anilines is 1. The van der Waals surface area contributed by atoms with Crippen LogP contribution in [0.2, 0.25) is 0 Å². The van der Waals surface area contributed by atoms with E-state index in [2.05, 4.69) is 15.6 Å². The number of aryl methyl sites for hydroxylation is 1. The highest BCUT2D eigenvalue weighted by molar-refractivity contribution is 5.95. The number of pyridine rings is 1. The molecule has 4 heteroatoms. The van der Waals surface area contributed by atoms with E-state index in [1.165, 1.54) is 0 Å². The van der Waals surface area contributed by atoms with Crippen molar-refractivity contribution in [1.29, 1.82) is 0 Å². The van der Waals surface area contributed by atoms with E-state index < -0.39 is 0 Å². The van der Waals surface area contributed by atoms with Crippen LogP contribution in [-0.2, 0) is 4.79 Å². The normalized spacial score (nSPS) is 24.8. The molecule has 0 aromatic carbocycles. The summed E-state index contributed by atoms with van der Waals surface area (Å²) in [5.74, 6) is 0.382. The third-order valence-electron chi connectivity index (χ3n) is 4.40. The van der Waals surface area contributed by atoms with Crippen LogP contribution >= 0.6 is 0 Å². The highest BCUT2D eigenvalue weighted by Gasteiger charge is 2.57. The number of nitrogens with one attached hydrogen (secondary N) is 2. The summed E-state index contributed by atoms with van der Waals surface area (Å²) < 4.78 is 0. The molecule has 1 aromatic rings. The Morgan fingerprint density at radius 3 is 3.00 bits per heavy atom. The number of hydrogen-bond acceptors (Lipinski definition) is 3. The first kappa shape index (κ1) is 11.7. The Hall–Kier alpha value is -1.42. The summed E-state index contributed by atoms with van der Waals surface area (Å²) in [6, 6.07) is 1.92. The van der Waals surface area contributed by atoms with Crippen LogP contribution in [0.3, 0.4) is 0 Å². The van der Waals surface area contributed by atoms with E-state index in [4.69, 9.17) is 0 Å². The number of piperidine rings is 1. The minimum atomic E-state index is 0.174. The highest BCUT2D eigenvalue weighted by Crippen LogP contribution is 2.58. The second-order valence-electron chi connectivity index (χ2n) is 5.55. The van der Waals surface area contributed by atoms with Crippen LogP contribution in [-0.4, -0.2) is 24.0 Å². The maximum Gasteiger partial charge on any atom is 0.228 e. The second-order valence-corrected chi connectivity index (χ2v) is 5.55. The van der Waals surface area contributed by atoms with E-state index in [9.17, 15) is 4.79 Å². The number of rotatable bonds is 2. The van der Waals surface area contributed by atoms with E-state index >= 15 is 0 Å². The van der Waals surface area contributed by atoms with Crippen molar-refractivity contribution in [2.75, 3.05) is 18.4 Å². The molecule has 1 unspecified atom stereocenters. The van der Waals surface area contributed by atoms with Crippen LogP contribution < -0.4 is 10.6 Å². The van der Waals surface area contributed by atoms with Crippen LogP contribution in [0.5, 0.6) is 0 Å². The molecule has 3 rings (SSSR count). The third-order valence-corrected chi connectivity index (χ3v) is 4.40. The average molecular weight is 245 g/mol. The Kier molecular flexibility index (Phi) is 2.82. The SMILES string of the molecule is Cc1ccncc1NC(=O)C1CC12CCNCC2. The van der Waals surface area contributed by atoms with Gasteiger partial charge in [-0.3, -0.25) is 9.78 Å². The van der Waals surface area contributed by atoms with Gasteiger partial charge in [0.2, 0.25) is 5.91 Å². The molecule has 1 aliphatic carbocycles. The van der Waals surface area contributed by atoms with Crippen molar-refractivity contribution in [2.45, 2.75) is 26.2 Å². The average Bonchev–Trinajstić information content (AvgIpc) is 3.07. The predicted molar refractivity (Wildman–Crippen MR) is 70.2 cm³/mol. The molecule has 1 saturated heterocycles. The van der Waals surface area contributed by atoms with Crippen LogP contribution in [0.15, 0.2) is 18.5 Å². The minimum Gasteiger partial charge on any atom is -0.324 e. The van der Waals surface area contributed by atoms with Crippen molar-refractivity contribution < 1.29 is 4.79 Å². The number of hydrogen-bond donors (Lipinski definition) is 2. The van der Waals surface area contributed by atoms with Crippen molar-refractivity contribution in [3.05, 3.63) is 24.0 Å². The fraction of sp³-hybridized carbons (Fsp3) is 0.571. The van der Waals surface area contributed by atoms with Gasteiger partial charge in [-0.05, 0) is 56.3 Å². The Bertz CT molecular complexity index is 466. The number of aromatic nitrogens is 1. The number of carbonyl (C=O) groups is 1. The molecule has 2 N–H and O–H groups in total. The smallest absolute Gasteiger partial charge is 0.228 e. The van der Waals surface area contributed by atoms with E-state index in [1.807, 2.05) is 13.0 Å². The van der Waals surface area contributed by atoms with E-state index in [1.54, 1.807) is 12.4 Å². The summed E-state index contributed by atoms with van der Waals surface area (Å²) in [6.07, 6.45) is 6.80. The second kappa shape index (κ2) is 4.35. The number of nitrogens with zero attached hydrogens (tertiary/aromatic N) is 1. The van der Waals surface area contributed by atoms with Gasteiger partial charge in [-0.2, -0.15) is 0 Å². The molecule has 0 radical (unpaired) electrons. The molecule has 18 heavy (non-hydrogen) atoms. The molecule has 4 nitrogen and oxygen atoms in total. The van der Waals surface area contributed by atoms with Crippen LogP contribution in [0, 0.1) is 18.3 Å². The first-order valence-electron chi connectivity index (χ1n) is 6.63. The maximum atomic E-state index is 12.2. The first-order chi connectivity index (χ1) is 8.71. The number of amides is 1. The lowest BCUT2D eigenvalue weighted by molar-refractivity contribution is -0.118. The van der Waals surface area contributed by atoms with Gasteiger partial charge < -0.3 is 10.6 Å². The zero-order valence-electron chi connectivity index (χ0n) is 10.7. The molecule has 0 bridgehead atoms. The van der Waals surface area contributed by atoms with Crippen LogP contribution in [0.25, 0.3) is 0 Å². The van der Waals surface area contributed by atoms with Gasteiger partial charge in [0, 0.05) is 12.1 Å². The van der Waals surface area contributed by atoms with Gasteiger partial charge in [0.15, 0.2) is 0 Å². The van der Waals surface area contributed by atoms with Gasteiger partial charge >= 0.3 is 0 Å². The molecule has 1 saturated carbocycles. The third kappa shape index (κ3) is 2.01. The minimum absolute atomic E-state index is 0.174. The summed E-state index contributed by atoms with van der Waals surface area (Å²) in [7, 11) is 0. The van der Waals surface area contributed by atoms with Gasteiger partial charge in [-0.25, -0.2) is 0 Å². The lowest BCUT2D eigenvalue weighted by Gasteiger charge is -2.23. The fourth-order valence-electron chi connectivity index (χ4n) is 3.01. The monoisotopic (exact) mass is 245 g/mol. The van der Waals surface area contributed by atoms with Crippen LogP contribution in [0.1, 0.15) is 24.8 Å². The Morgan fingerprint density at radius 1 is 1.50 bits per heavy atom. The Labute approximate surface area is 107 Å². The topological polar surface area (TPSA) is 54.0 Å². The molecule has 2 aliphatic rings. The molecule has 2 heterocycles. The summed E-state index contributed by atoms with van der Waals surface area (Å²) in [5.41, 5.74) is 2.21. The van der Waals surface area contributed by atoms with Crippen molar-refractivity contribution in [3.8, 4) is 0 Å². The molecule has 96 valence electrons. The molecule has 1 aliphatic heterocycles. The summed E-state index contributed by atoms with van der Waals surface area (Å²) in [6.45, 7) is 4.09. The molecule has 1 atom stereocenters. The van der Waals surface area contributed by atoms with Gasteiger partial charge in [0.05, 0.1) is 11.9 Å². The fourth-order valence-corrected chi connectivity index (χ4v) is 3.01. The zero-order chi connectivity index (χ0) is 12.6. The molecule has 1 spiro atoms. The van der Waals surface area contributed by atoms with E-state index in [0.29, 0.717) is 5.41 Å². The summed E-state index contributed by atoms with van der Waals surface area (Å²) in [4.78, 5) is 16.3. The zero-order valence-corrected chi connectivity index (χ0v) is 10.7. The lowest BCUT2D eigenvalue weighted by atomic mass is 9.92. The highest BCUT2D eigenvalue weighted by atomic mass is 16.2. The molecular formula is C14H19N3O. The van der Waals surface area contributed by atoms with Crippen molar-refractivity contribution in [1.82, 2.24) is 10.3 Å². The molecular weight excluding hydrogens is 226 g/mol. The van der Waals surface area contributed by atoms with Crippen molar-refractivity contribution in [2.24, 2.45) is 11.3 Å². The quantitative estimate of drug-likeness (QED) is 0.834. The van der Waals surface area contributed by atoms with Crippen molar-refractivity contribution in [3.63, 3.8) is 0 Å². The predicted octanol–water partition coefficient (Wildman–Crippen LogP) is 1.72. The Balaban J connectivity index is 1.65. The van der Waals surface area contributed by atoms with E-state index in [0.717, 1.165) is 43.6 Å². The van der Waals surface area contributed by atoms with Gasteiger partial charge in [-0.1, -0.05) is 0 Å². The molecule has 1 aromatic heterocycles. The van der Waals surface area contributed by atoms with Gasteiger partial charge in [-0.15, -0.1) is 0 Å². The standard InChI is InChI=1S/C14H19N3O/c1-10-2-5-16-9-12(10)17-13(18)11-8-14(11)3-6-15-7-4-14/h2,5,9,11,15H,3-4,6-8H2,1H3,(H,17,18). The first-order valence-corrected chi connectivity index (χ1v) is 6.63. The molecule has 1 amide bonds. The van der Waals surface area contributed by atoms with Gasteiger partial charge in [0.1, 0.15) is 0 Å². The summed E-state index contributed by atoms with van der Waals surface area (Å²) in [5, 5.41) is 6.38. The largest absolute Gasteiger partial charge is 0.324 e. The lowest BCUT2D eigenvalue weighted by Crippen LogP contribution is -2.31.